The first-order valence-corrected chi connectivity index (χ1v) is 10.4. The second-order valence-electron chi connectivity index (χ2n) is 7.01. The number of nitrogen functional groups attached to an aromatic ring is 1. The summed E-state index contributed by atoms with van der Waals surface area (Å²) in [5.74, 6) is -0.270. The van der Waals surface area contributed by atoms with Gasteiger partial charge in [0.25, 0.3) is 5.91 Å². The van der Waals surface area contributed by atoms with Crippen LogP contribution in [0.1, 0.15) is 26.4 Å². The molecular formula is C24H21FN3O2S+. The summed E-state index contributed by atoms with van der Waals surface area (Å²) < 4.78 is 20.8. The summed E-state index contributed by atoms with van der Waals surface area (Å²) in [6.07, 6.45) is 0. The first-order valence-electron chi connectivity index (χ1n) is 9.58. The summed E-state index contributed by atoms with van der Waals surface area (Å²) in [5, 5.41) is 10.2. The molecule has 0 radical (unpaired) electrons. The summed E-state index contributed by atoms with van der Waals surface area (Å²) >= 11 is 1.55. The predicted octanol–water partition coefficient (Wildman–Crippen LogP) is 3.16. The van der Waals surface area contributed by atoms with Gasteiger partial charge in [-0.15, -0.1) is 11.3 Å². The average Bonchev–Trinajstić information content (AvgIpc) is 3.22. The van der Waals surface area contributed by atoms with E-state index in [0.29, 0.717) is 28.2 Å². The maximum absolute atomic E-state index is 14.5. The Morgan fingerprint density at radius 2 is 1.94 bits per heavy atom. The van der Waals surface area contributed by atoms with Crippen molar-refractivity contribution in [2.45, 2.75) is 6.54 Å². The van der Waals surface area contributed by atoms with E-state index in [0.717, 1.165) is 15.0 Å². The fourth-order valence-corrected chi connectivity index (χ4v) is 4.33. The van der Waals surface area contributed by atoms with Crippen molar-refractivity contribution >= 4 is 38.7 Å². The van der Waals surface area contributed by atoms with Crippen molar-refractivity contribution in [2.75, 3.05) is 12.8 Å². The molecule has 1 amide bonds. The molecule has 0 aliphatic carbocycles. The standard InChI is InChI=1S/C24H20FN3O2S/c1-30-17-7-4-6-15(9-17)24(29)28-13-16-10-18(20(26)12-19(16)25)23(27)22-11-14-5-2-3-8-21(14)31-22/h2-12,27H,13,26H2,1H3,(H,28,29)/p+1. The number of halogens is 1. The van der Waals surface area contributed by atoms with E-state index >= 15 is 0 Å². The van der Waals surface area contributed by atoms with Gasteiger partial charge in [-0.25, -0.2) is 4.39 Å². The topological polar surface area (TPSA) is 89.9 Å². The average molecular weight is 435 g/mol. The molecule has 0 saturated heterocycles. The number of nitrogens with two attached hydrogens (primary N) is 2. The lowest BCUT2D eigenvalue weighted by Gasteiger charge is -2.10. The van der Waals surface area contributed by atoms with Crippen LogP contribution >= 0.6 is 11.3 Å². The number of rotatable bonds is 6. The van der Waals surface area contributed by atoms with Crippen molar-refractivity contribution in [1.82, 2.24) is 5.32 Å². The van der Waals surface area contributed by atoms with E-state index < -0.39 is 5.82 Å². The second kappa shape index (κ2) is 8.57. The highest BCUT2D eigenvalue weighted by molar-refractivity contribution is 7.21. The molecule has 4 aromatic rings. The van der Waals surface area contributed by atoms with Gasteiger partial charge in [0.2, 0.25) is 5.71 Å². The Hall–Kier alpha value is -3.71. The molecule has 5 N–H and O–H groups in total. The zero-order valence-corrected chi connectivity index (χ0v) is 17.6. The molecule has 0 unspecified atom stereocenters. The molecule has 31 heavy (non-hydrogen) atoms. The minimum Gasteiger partial charge on any atom is -0.497 e. The lowest BCUT2D eigenvalue weighted by Crippen LogP contribution is -2.41. The Kier molecular flexibility index (Phi) is 5.68. The Bertz CT molecular complexity index is 1270. The molecule has 0 fully saturated rings. The summed E-state index contributed by atoms with van der Waals surface area (Å²) in [6, 6.07) is 19.5. The van der Waals surface area contributed by atoms with Crippen LogP contribution in [0.25, 0.3) is 10.1 Å². The van der Waals surface area contributed by atoms with Crippen LogP contribution in [0.2, 0.25) is 0 Å². The van der Waals surface area contributed by atoms with Gasteiger partial charge < -0.3 is 15.8 Å². The molecule has 0 aliphatic rings. The van der Waals surface area contributed by atoms with Crippen LogP contribution in [0, 0.1) is 5.82 Å². The first-order chi connectivity index (χ1) is 15.0. The van der Waals surface area contributed by atoms with Crippen LogP contribution in [0.4, 0.5) is 10.1 Å². The first kappa shape index (κ1) is 20.6. The number of carbonyl (C=O) groups excluding carboxylic acids is 1. The highest BCUT2D eigenvalue weighted by atomic mass is 32.1. The number of nitrogens with one attached hydrogen (secondary N) is 1. The lowest BCUT2D eigenvalue weighted by atomic mass is 10.0. The number of methoxy groups -OCH3 is 1. The Morgan fingerprint density at radius 3 is 2.71 bits per heavy atom. The molecule has 0 bridgehead atoms. The van der Waals surface area contributed by atoms with Crippen molar-refractivity contribution in [3.8, 4) is 5.75 Å². The monoisotopic (exact) mass is 434 g/mol. The van der Waals surface area contributed by atoms with Crippen molar-refractivity contribution in [3.63, 3.8) is 0 Å². The van der Waals surface area contributed by atoms with Gasteiger partial charge in [0.15, 0.2) is 0 Å². The third kappa shape index (κ3) is 4.27. The molecule has 0 spiro atoms. The highest BCUT2D eigenvalue weighted by Crippen LogP contribution is 2.28. The number of anilines is 1. The molecule has 4 rings (SSSR count). The summed E-state index contributed by atoms with van der Waals surface area (Å²) in [7, 11) is 1.53. The van der Waals surface area contributed by atoms with E-state index in [4.69, 9.17) is 15.9 Å². The molecule has 3 aromatic carbocycles. The summed E-state index contributed by atoms with van der Waals surface area (Å²) in [6.45, 7) is -0.00511. The largest absolute Gasteiger partial charge is 0.497 e. The van der Waals surface area contributed by atoms with Crippen LogP contribution in [-0.2, 0) is 6.54 Å². The van der Waals surface area contributed by atoms with E-state index in [1.807, 2.05) is 30.3 Å². The molecule has 1 heterocycles. The van der Waals surface area contributed by atoms with Gasteiger partial charge in [-0.1, -0.05) is 24.3 Å². The quantitative estimate of drug-likeness (QED) is 0.322. The highest BCUT2D eigenvalue weighted by Gasteiger charge is 2.20. The van der Waals surface area contributed by atoms with Crippen LogP contribution in [-0.4, -0.2) is 18.7 Å². The number of benzene rings is 3. The van der Waals surface area contributed by atoms with Crippen LogP contribution in [0.3, 0.4) is 0 Å². The van der Waals surface area contributed by atoms with Gasteiger partial charge in [-0.2, -0.15) is 0 Å². The van der Waals surface area contributed by atoms with Gasteiger partial charge in [0.05, 0.1) is 17.6 Å². The normalized spacial score (nSPS) is 10.8. The molecule has 1 aromatic heterocycles. The number of carbonyl (C=O) groups is 1. The summed E-state index contributed by atoms with van der Waals surface area (Å²) in [4.78, 5) is 13.3. The van der Waals surface area contributed by atoms with Crippen molar-refractivity contribution in [3.05, 3.63) is 94.1 Å². The van der Waals surface area contributed by atoms with E-state index in [9.17, 15) is 9.18 Å². The number of amides is 1. The Morgan fingerprint density at radius 1 is 1.13 bits per heavy atom. The van der Waals surface area contributed by atoms with E-state index in [1.54, 1.807) is 41.7 Å². The number of ether oxygens (including phenoxy) is 1. The van der Waals surface area contributed by atoms with Crippen LogP contribution < -0.4 is 21.2 Å². The SMILES string of the molecule is COc1cccc(C(=O)NCc2cc(C(=[NH2+])c3cc4ccccc4s3)c(N)cc2F)c1. The Balaban J connectivity index is 1.57. The van der Waals surface area contributed by atoms with Crippen LogP contribution in [0.15, 0.2) is 66.7 Å². The molecule has 0 atom stereocenters. The predicted molar refractivity (Wildman–Crippen MR) is 122 cm³/mol. The second-order valence-corrected chi connectivity index (χ2v) is 8.09. The molecule has 5 nitrogen and oxygen atoms in total. The van der Waals surface area contributed by atoms with Crippen LogP contribution in [0.5, 0.6) is 5.75 Å². The molecular weight excluding hydrogens is 413 g/mol. The van der Waals surface area contributed by atoms with Gasteiger partial charge in [-0.3, -0.25) is 10.2 Å². The molecule has 156 valence electrons. The lowest BCUT2D eigenvalue weighted by molar-refractivity contribution is -0.111. The molecule has 0 aliphatic heterocycles. The van der Waals surface area contributed by atoms with Gasteiger partial charge in [-0.05, 0) is 47.9 Å². The van der Waals surface area contributed by atoms with Gasteiger partial charge in [0, 0.05) is 28.1 Å². The Labute approximate surface area is 182 Å². The number of hydrogen-bond donors (Lipinski definition) is 3. The van der Waals surface area contributed by atoms with Crippen molar-refractivity contribution < 1.29 is 19.3 Å². The minimum absolute atomic E-state index is 0.00511. The summed E-state index contributed by atoms with van der Waals surface area (Å²) in [5.41, 5.74) is 8.04. The third-order valence-electron chi connectivity index (χ3n) is 4.97. The zero-order valence-electron chi connectivity index (χ0n) is 16.8. The third-order valence-corrected chi connectivity index (χ3v) is 6.12. The van der Waals surface area contributed by atoms with Crippen molar-refractivity contribution in [1.29, 1.82) is 0 Å². The van der Waals surface area contributed by atoms with Gasteiger partial charge >= 0.3 is 0 Å². The maximum Gasteiger partial charge on any atom is 0.251 e. The number of fused-ring (bicyclic) bond motifs is 1. The minimum atomic E-state index is -0.503. The molecule has 0 saturated carbocycles. The van der Waals surface area contributed by atoms with Gasteiger partial charge in [0.1, 0.15) is 11.6 Å². The number of thiophene rings is 1. The van der Waals surface area contributed by atoms with E-state index in [-0.39, 0.29) is 18.1 Å². The fraction of sp³-hybridized carbons (Fsp3) is 0.0833. The number of hydrogen-bond acceptors (Lipinski definition) is 4. The molecule has 7 heteroatoms. The zero-order chi connectivity index (χ0) is 22.0. The van der Waals surface area contributed by atoms with E-state index in [2.05, 4.69) is 5.32 Å². The fourth-order valence-electron chi connectivity index (χ4n) is 3.29. The van der Waals surface area contributed by atoms with E-state index in [1.165, 1.54) is 13.2 Å². The maximum atomic E-state index is 14.5. The van der Waals surface area contributed by atoms with Crippen molar-refractivity contribution in [2.24, 2.45) is 0 Å². The smallest absolute Gasteiger partial charge is 0.251 e.